The molecule has 0 spiro atoms. The summed E-state index contributed by atoms with van der Waals surface area (Å²) in [5.41, 5.74) is 4.47. The fraction of sp³-hybridized carbons (Fsp3) is 0.389. The van der Waals surface area contributed by atoms with E-state index in [0.717, 1.165) is 36.4 Å². The molecule has 3 nitrogen and oxygen atoms in total. The molecule has 0 radical (unpaired) electrons. The van der Waals surface area contributed by atoms with E-state index >= 15 is 0 Å². The monoisotopic (exact) mass is 316 g/mol. The highest BCUT2D eigenvalue weighted by atomic mass is 35.5. The molecule has 1 aliphatic rings. The van der Waals surface area contributed by atoms with Gasteiger partial charge in [0.1, 0.15) is 5.15 Å². The van der Waals surface area contributed by atoms with E-state index in [1.54, 1.807) is 0 Å². The molecule has 0 aliphatic carbocycles. The Morgan fingerprint density at radius 3 is 2.82 bits per heavy atom. The van der Waals surface area contributed by atoms with Gasteiger partial charge in [-0.15, -0.1) is 0 Å². The summed E-state index contributed by atoms with van der Waals surface area (Å²) in [5, 5.41) is 3.99. The molecule has 1 aromatic carbocycles. The second-order valence-corrected chi connectivity index (χ2v) is 6.18. The van der Waals surface area contributed by atoms with E-state index in [1.807, 2.05) is 12.3 Å². The van der Waals surface area contributed by atoms with E-state index in [0.29, 0.717) is 5.15 Å². The first-order chi connectivity index (χ1) is 10.7. The van der Waals surface area contributed by atoms with Crippen molar-refractivity contribution >= 4 is 17.3 Å². The number of hydrogen-bond acceptors (Lipinski definition) is 3. The zero-order chi connectivity index (χ0) is 15.4. The average molecular weight is 317 g/mol. The lowest BCUT2D eigenvalue weighted by atomic mass is 10.0. The second kappa shape index (κ2) is 7.12. The van der Waals surface area contributed by atoms with Gasteiger partial charge in [0.05, 0.1) is 6.10 Å². The topological polar surface area (TPSA) is 34.2 Å². The van der Waals surface area contributed by atoms with Crippen LogP contribution in [0.3, 0.4) is 0 Å². The number of rotatable bonds is 4. The van der Waals surface area contributed by atoms with Crippen molar-refractivity contribution in [3.05, 3.63) is 47.2 Å². The number of pyridine rings is 1. The van der Waals surface area contributed by atoms with Crippen molar-refractivity contribution in [2.75, 3.05) is 18.5 Å². The van der Waals surface area contributed by atoms with Gasteiger partial charge in [-0.1, -0.05) is 41.4 Å². The summed E-state index contributed by atoms with van der Waals surface area (Å²) in [7, 11) is 0. The first-order valence-electron chi connectivity index (χ1n) is 7.80. The summed E-state index contributed by atoms with van der Waals surface area (Å²) >= 11 is 6.07. The van der Waals surface area contributed by atoms with Crippen LogP contribution in [0.25, 0.3) is 11.1 Å². The lowest BCUT2D eigenvalue weighted by Gasteiger charge is -2.24. The molecule has 22 heavy (non-hydrogen) atoms. The van der Waals surface area contributed by atoms with Crippen LogP contribution in [0.15, 0.2) is 36.5 Å². The Bertz CT molecular complexity index is 621. The number of ether oxygens (including phenoxy) is 1. The van der Waals surface area contributed by atoms with Crippen LogP contribution in [0.2, 0.25) is 5.15 Å². The molecule has 0 saturated carbocycles. The third kappa shape index (κ3) is 3.79. The third-order valence-corrected chi connectivity index (χ3v) is 4.23. The van der Waals surface area contributed by atoms with Crippen molar-refractivity contribution in [3.8, 4) is 11.1 Å². The van der Waals surface area contributed by atoms with Crippen LogP contribution in [0.1, 0.15) is 24.8 Å². The minimum absolute atomic E-state index is 0.284. The molecule has 1 fully saturated rings. The van der Waals surface area contributed by atoms with Gasteiger partial charge in [-0.3, -0.25) is 0 Å². The van der Waals surface area contributed by atoms with Crippen molar-refractivity contribution in [3.63, 3.8) is 0 Å². The van der Waals surface area contributed by atoms with Gasteiger partial charge in [0.2, 0.25) is 0 Å². The highest BCUT2D eigenvalue weighted by Crippen LogP contribution is 2.29. The van der Waals surface area contributed by atoms with E-state index in [2.05, 4.69) is 41.5 Å². The van der Waals surface area contributed by atoms with Gasteiger partial charge in [-0.2, -0.15) is 0 Å². The van der Waals surface area contributed by atoms with Crippen LogP contribution in [0, 0.1) is 6.92 Å². The Balaban J connectivity index is 1.79. The molecule has 1 aliphatic heterocycles. The highest BCUT2D eigenvalue weighted by molar-refractivity contribution is 6.29. The molecule has 4 heteroatoms. The Kier molecular flexibility index (Phi) is 4.96. The van der Waals surface area contributed by atoms with E-state index in [4.69, 9.17) is 16.3 Å². The normalized spacial score (nSPS) is 18.2. The van der Waals surface area contributed by atoms with Gasteiger partial charge in [-0.25, -0.2) is 4.98 Å². The maximum Gasteiger partial charge on any atom is 0.131 e. The summed E-state index contributed by atoms with van der Waals surface area (Å²) in [4.78, 5) is 4.23. The van der Waals surface area contributed by atoms with Crippen LogP contribution in [-0.2, 0) is 4.74 Å². The molecule has 2 aromatic rings. The van der Waals surface area contributed by atoms with Crippen molar-refractivity contribution in [1.82, 2.24) is 4.98 Å². The smallest absolute Gasteiger partial charge is 0.131 e. The van der Waals surface area contributed by atoms with Crippen molar-refractivity contribution in [1.29, 1.82) is 0 Å². The molecule has 1 N–H and O–H groups in total. The Hall–Kier alpha value is -1.58. The summed E-state index contributed by atoms with van der Waals surface area (Å²) in [5.74, 6) is 0. The van der Waals surface area contributed by atoms with Crippen LogP contribution in [0.5, 0.6) is 0 Å². The third-order valence-electron chi connectivity index (χ3n) is 4.03. The summed E-state index contributed by atoms with van der Waals surface area (Å²) in [6, 6.07) is 10.3. The maximum atomic E-state index is 6.07. The lowest BCUT2D eigenvalue weighted by Crippen LogP contribution is -2.27. The van der Waals surface area contributed by atoms with Crippen LogP contribution in [-0.4, -0.2) is 24.2 Å². The molecular formula is C18H21ClN2O. The zero-order valence-electron chi connectivity index (χ0n) is 12.8. The largest absolute Gasteiger partial charge is 0.382 e. The first-order valence-corrected chi connectivity index (χ1v) is 8.18. The van der Waals surface area contributed by atoms with Gasteiger partial charge >= 0.3 is 0 Å². The van der Waals surface area contributed by atoms with E-state index in [-0.39, 0.29) is 6.10 Å². The van der Waals surface area contributed by atoms with Gasteiger partial charge in [0.15, 0.2) is 0 Å². The molecule has 1 saturated heterocycles. The van der Waals surface area contributed by atoms with Gasteiger partial charge in [-0.05, 0) is 37.8 Å². The Labute approximate surface area is 136 Å². The summed E-state index contributed by atoms with van der Waals surface area (Å²) < 4.78 is 5.78. The molecule has 2 heterocycles. The number of nitrogens with zero attached hydrogens (tertiary/aromatic N) is 1. The molecule has 1 atom stereocenters. The quantitative estimate of drug-likeness (QED) is 0.831. The molecule has 1 aromatic heterocycles. The van der Waals surface area contributed by atoms with E-state index in [9.17, 15) is 0 Å². The molecule has 0 unspecified atom stereocenters. The minimum Gasteiger partial charge on any atom is -0.382 e. The lowest BCUT2D eigenvalue weighted by molar-refractivity contribution is 0.0248. The standard InChI is InChI=1S/C18H21ClN2O/c1-13-5-7-14(8-6-13)16-12-21-18(19)10-17(16)20-11-15-4-2-3-9-22-15/h5-8,10,12,15H,2-4,9,11H2,1H3,(H,20,21)/t15-/m1/s1. The van der Waals surface area contributed by atoms with Crippen LogP contribution >= 0.6 is 11.6 Å². The first kappa shape index (κ1) is 15.3. The van der Waals surface area contributed by atoms with Crippen molar-refractivity contribution in [2.24, 2.45) is 0 Å². The molecule has 116 valence electrons. The Morgan fingerprint density at radius 2 is 2.09 bits per heavy atom. The molecule has 0 bridgehead atoms. The fourth-order valence-electron chi connectivity index (χ4n) is 2.73. The highest BCUT2D eigenvalue weighted by Gasteiger charge is 2.15. The number of nitrogens with one attached hydrogen (secondary N) is 1. The number of halogens is 1. The van der Waals surface area contributed by atoms with E-state index in [1.165, 1.54) is 18.4 Å². The Morgan fingerprint density at radius 1 is 1.27 bits per heavy atom. The number of hydrogen-bond donors (Lipinski definition) is 1. The van der Waals surface area contributed by atoms with Crippen LogP contribution < -0.4 is 5.32 Å². The van der Waals surface area contributed by atoms with Crippen molar-refractivity contribution in [2.45, 2.75) is 32.3 Å². The number of aryl methyl sites for hydroxylation is 1. The molecular weight excluding hydrogens is 296 g/mol. The number of anilines is 1. The van der Waals surface area contributed by atoms with Gasteiger partial charge < -0.3 is 10.1 Å². The summed E-state index contributed by atoms with van der Waals surface area (Å²) in [6.45, 7) is 3.76. The van der Waals surface area contributed by atoms with Gasteiger partial charge in [0, 0.05) is 30.6 Å². The van der Waals surface area contributed by atoms with E-state index < -0.39 is 0 Å². The van der Waals surface area contributed by atoms with Gasteiger partial charge in [0.25, 0.3) is 0 Å². The number of benzene rings is 1. The maximum absolute atomic E-state index is 6.07. The number of aromatic nitrogens is 1. The predicted octanol–water partition coefficient (Wildman–Crippen LogP) is 4.69. The fourth-order valence-corrected chi connectivity index (χ4v) is 2.89. The SMILES string of the molecule is Cc1ccc(-c2cnc(Cl)cc2NC[C@H]2CCCCO2)cc1. The van der Waals surface area contributed by atoms with Crippen LogP contribution in [0.4, 0.5) is 5.69 Å². The zero-order valence-corrected chi connectivity index (χ0v) is 13.6. The summed E-state index contributed by atoms with van der Waals surface area (Å²) in [6.07, 6.45) is 5.65. The average Bonchev–Trinajstić information content (AvgIpc) is 2.55. The minimum atomic E-state index is 0.284. The molecule has 3 rings (SSSR count). The second-order valence-electron chi connectivity index (χ2n) is 5.79. The predicted molar refractivity (Wildman–Crippen MR) is 91.5 cm³/mol. The molecule has 0 amide bonds. The van der Waals surface area contributed by atoms with Crippen molar-refractivity contribution < 1.29 is 4.74 Å².